The summed E-state index contributed by atoms with van der Waals surface area (Å²) in [5.41, 5.74) is 0.806. The Morgan fingerprint density at radius 3 is 2.21 bits per heavy atom. The number of nitrogens with zero attached hydrogens (tertiary/aromatic N) is 2. The van der Waals surface area contributed by atoms with Gasteiger partial charge in [0.1, 0.15) is 12.6 Å². The summed E-state index contributed by atoms with van der Waals surface area (Å²) in [7, 11) is -4.30. The van der Waals surface area contributed by atoms with Crippen LogP contribution in [0, 0.1) is 6.92 Å². The van der Waals surface area contributed by atoms with Gasteiger partial charge in [0.15, 0.2) is 0 Å². The Morgan fingerprint density at radius 2 is 1.63 bits per heavy atom. The average molecular weight is 638 g/mol. The van der Waals surface area contributed by atoms with Gasteiger partial charge in [0.05, 0.1) is 22.5 Å². The molecule has 3 rings (SSSR count). The van der Waals surface area contributed by atoms with Crippen molar-refractivity contribution in [3.63, 3.8) is 0 Å². The van der Waals surface area contributed by atoms with E-state index in [4.69, 9.17) is 11.6 Å². The van der Waals surface area contributed by atoms with E-state index in [-0.39, 0.29) is 18.0 Å². The van der Waals surface area contributed by atoms with Gasteiger partial charge in [-0.1, -0.05) is 85.1 Å². The van der Waals surface area contributed by atoms with Crippen molar-refractivity contribution >= 4 is 39.1 Å². The van der Waals surface area contributed by atoms with Crippen molar-refractivity contribution in [2.75, 3.05) is 23.7 Å². The molecule has 43 heavy (non-hydrogen) atoms. The zero-order valence-electron chi connectivity index (χ0n) is 24.2. The summed E-state index contributed by atoms with van der Waals surface area (Å²) in [5.74, 6) is -1.22. The standard InChI is InChI=1S/C31H35ClF3N3O4S/c1-4-5-17-36-30(40)28(18-23-9-7-6-8-10-23)37(20-24-13-11-22(2)12-14-24)29(39)21-38(43(3,41)42)27-19-25(31(33,34)35)15-16-26(27)32/h6-16,19,28H,4-5,17-18,20-21H2,1-3H3,(H,36,40)/t28-/m0/s1. The Bertz CT molecular complexity index is 1500. The molecule has 0 saturated heterocycles. The van der Waals surface area contributed by atoms with Gasteiger partial charge in [-0.2, -0.15) is 13.2 Å². The topological polar surface area (TPSA) is 86.8 Å². The number of hydrogen-bond acceptors (Lipinski definition) is 4. The lowest BCUT2D eigenvalue weighted by Crippen LogP contribution is -2.53. The van der Waals surface area contributed by atoms with Gasteiger partial charge in [-0.25, -0.2) is 8.42 Å². The molecule has 0 heterocycles. The van der Waals surface area contributed by atoms with Crippen LogP contribution in [0.15, 0.2) is 72.8 Å². The fraction of sp³-hybridized carbons (Fsp3) is 0.355. The summed E-state index contributed by atoms with van der Waals surface area (Å²) in [4.78, 5) is 28.9. The van der Waals surface area contributed by atoms with Crippen molar-refractivity contribution in [2.45, 2.75) is 51.9 Å². The van der Waals surface area contributed by atoms with E-state index in [9.17, 15) is 31.2 Å². The smallest absolute Gasteiger partial charge is 0.354 e. The molecule has 0 saturated carbocycles. The zero-order valence-corrected chi connectivity index (χ0v) is 25.8. The minimum absolute atomic E-state index is 0.0499. The van der Waals surface area contributed by atoms with Gasteiger partial charge in [-0.05, 0) is 42.7 Å². The van der Waals surface area contributed by atoms with Crippen molar-refractivity contribution in [3.8, 4) is 0 Å². The third-order valence-corrected chi connectivity index (χ3v) is 8.24. The molecule has 0 bridgehead atoms. The van der Waals surface area contributed by atoms with Gasteiger partial charge in [0, 0.05) is 19.5 Å². The number of anilines is 1. The van der Waals surface area contributed by atoms with Gasteiger partial charge in [0.2, 0.25) is 21.8 Å². The zero-order chi connectivity index (χ0) is 31.8. The maximum absolute atomic E-state index is 14.1. The molecular weight excluding hydrogens is 603 g/mol. The van der Waals surface area contributed by atoms with Crippen LogP contribution in [0.25, 0.3) is 0 Å². The molecule has 0 aliphatic rings. The Labute approximate surface area is 255 Å². The van der Waals surface area contributed by atoms with Crippen LogP contribution in [0.3, 0.4) is 0 Å². The molecule has 232 valence electrons. The first-order chi connectivity index (χ1) is 20.2. The van der Waals surface area contributed by atoms with Crippen LogP contribution in [0.2, 0.25) is 5.02 Å². The third kappa shape index (κ3) is 9.72. The van der Waals surface area contributed by atoms with Crippen molar-refractivity contribution in [2.24, 2.45) is 0 Å². The Kier molecular flexibility index (Phi) is 11.6. The van der Waals surface area contributed by atoms with Crippen LogP contribution in [0.4, 0.5) is 18.9 Å². The summed E-state index contributed by atoms with van der Waals surface area (Å²) in [6, 6.07) is 17.5. The van der Waals surface area contributed by atoms with E-state index in [0.717, 1.165) is 35.9 Å². The van der Waals surface area contributed by atoms with Crippen LogP contribution < -0.4 is 9.62 Å². The van der Waals surface area contributed by atoms with Crippen LogP contribution in [-0.2, 0) is 38.8 Å². The molecule has 1 N–H and O–H groups in total. The van der Waals surface area contributed by atoms with Crippen molar-refractivity contribution in [1.29, 1.82) is 0 Å². The lowest BCUT2D eigenvalue weighted by atomic mass is 10.0. The van der Waals surface area contributed by atoms with Crippen molar-refractivity contribution in [1.82, 2.24) is 10.2 Å². The molecule has 0 fully saturated rings. The highest BCUT2D eigenvalue weighted by Gasteiger charge is 2.35. The number of rotatable bonds is 13. The molecule has 0 spiro atoms. The quantitative estimate of drug-likeness (QED) is 0.233. The molecule has 0 aliphatic carbocycles. The van der Waals surface area contributed by atoms with Gasteiger partial charge in [-0.15, -0.1) is 0 Å². The second-order valence-corrected chi connectivity index (χ2v) is 12.6. The maximum Gasteiger partial charge on any atom is 0.416 e. The van der Waals surface area contributed by atoms with Crippen LogP contribution in [-0.4, -0.2) is 50.5 Å². The number of aryl methyl sites for hydroxylation is 1. The first kappa shape index (κ1) is 33.9. The predicted molar refractivity (Wildman–Crippen MR) is 162 cm³/mol. The minimum Gasteiger partial charge on any atom is -0.354 e. The number of carbonyl (C=O) groups is 2. The third-order valence-electron chi connectivity index (χ3n) is 6.80. The van der Waals surface area contributed by atoms with Gasteiger partial charge in [0.25, 0.3) is 0 Å². The highest BCUT2D eigenvalue weighted by Crippen LogP contribution is 2.36. The number of hydrogen-bond donors (Lipinski definition) is 1. The number of unbranched alkanes of at least 4 members (excludes halogenated alkanes) is 1. The van der Waals surface area contributed by atoms with Crippen LogP contribution in [0.1, 0.15) is 42.0 Å². The Hall–Kier alpha value is -3.57. The lowest BCUT2D eigenvalue weighted by molar-refractivity contribution is -0.140. The van der Waals surface area contributed by atoms with Crippen LogP contribution >= 0.6 is 11.6 Å². The molecule has 3 aromatic carbocycles. The molecule has 3 aromatic rings. The van der Waals surface area contributed by atoms with E-state index >= 15 is 0 Å². The summed E-state index contributed by atoms with van der Waals surface area (Å²) in [5, 5.41) is 2.59. The molecule has 12 heteroatoms. The maximum atomic E-state index is 14.1. The molecule has 0 radical (unpaired) electrons. The minimum atomic E-state index is -4.78. The van der Waals surface area contributed by atoms with Crippen molar-refractivity contribution in [3.05, 3.63) is 100 Å². The number of sulfonamides is 1. The Balaban J connectivity index is 2.09. The van der Waals surface area contributed by atoms with Crippen LogP contribution in [0.5, 0.6) is 0 Å². The summed E-state index contributed by atoms with van der Waals surface area (Å²) in [6.45, 7) is 3.32. The monoisotopic (exact) mass is 637 g/mol. The summed E-state index contributed by atoms with van der Waals surface area (Å²) >= 11 is 6.18. The lowest BCUT2D eigenvalue weighted by Gasteiger charge is -2.33. The second-order valence-electron chi connectivity index (χ2n) is 10.3. The number of amides is 2. The number of carbonyl (C=O) groups excluding carboxylic acids is 2. The van der Waals surface area contributed by atoms with E-state index < -0.39 is 51.9 Å². The largest absolute Gasteiger partial charge is 0.416 e. The number of halogens is 4. The molecule has 0 aliphatic heterocycles. The fourth-order valence-corrected chi connectivity index (χ4v) is 5.55. The van der Waals surface area contributed by atoms with E-state index in [2.05, 4.69) is 5.32 Å². The normalized spacial score (nSPS) is 12.4. The predicted octanol–water partition coefficient (Wildman–Crippen LogP) is 5.99. The van der Waals surface area contributed by atoms with Gasteiger partial charge < -0.3 is 10.2 Å². The number of alkyl halides is 3. The van der Waals surface area contributed by atoms with Crippen molar-refractivity contribution < 1.29 is 31.2 Å². The molecule has 2 amide bonds. The molecule has 7 nitrogen and oxygen atoms in total. The highest BCUT2D eigenvalue weighted by atomic mass is 35.5. The number of nitrogens with one attached hydrogen (secondary N) is 1. The first-order valence-corrected chi connectivity index (χ1v) is 15.9. The SMILES string of the molecule is CCCCNC(=O)[C@H](Cc1ccccc1)N(Cc1ccc(C)cc1)C(=O)CN(c1cc(C(F)(F)F)ccc1Cl)S(C)(=O)=O. The number of benzene rings is 3. The second kappa shape index (κ2) is 14.7. The van der Waals surface area contributed by atoms with Gasteiger partial charge >= 0.3 is 6.18 Å². The fourth-order valence-electron chi connectivity index (χ4n) is 4.43. The Morgan fingerprint density at radius 1 is 0.977 bits per heavy atom. The summed E-state index contributed by atoms with van der Waals surface area (Å²) < 4.78 is 66.9. The molecule has 0 unspecified atom stereocenters. The van der Waals surface area contributed by atoms with E-state index in [0.29, 0.717) is 28.9 Å². The van der Waals surface area contributed by atoms with E-state index in [1.165, 1.54) is 4.90 Å². The molecule has 1 atom stereocenters. The van der Waals surface area contributed by atoms with E-state index in [1.54, 1.807) is 24.3 Å². The molecular formula is C31H35ClF3N3O4S. The molecule has 0 aromatic heterocycles. The first-order valence-electron chi connectivity index (χ1n) is 13.7. The summed E-state index contributed by atoms with van der Waals surface area (Å²) in [6.07, 6.45) is -2.33. The van der Waals surface area contributed by atoms with Gasteiger partial charge in [-0.3, -0.25) is 13.9 Å². The average Bonchev–Trinajstić information content (AvgIpc) is 2.94. The van der Waals surface area contributed by atoms with E-state index in [1.807, 2.05) is 44.2 Å². The highest BCUT2D eigenvalue weighted by molar-refractivity contribution is 7.92.